The summed E-state index contributed by atoms with van der Waals surface area (Å²) >= 11 is 1.99. The minimum absolute atomic E-state index is 0.0679. The molecule has 5 nitrogen and oxygen atoms in total. The summed E-state index contributed by atoms with van der Waals surface area (Å²) in [7, 11) is 0. The van der Waals surface area contributed by atoms with Gasteiger partial charge < -0.3 is 16.0 Å². The van der Waals surface area contributed by atoms with E-state index in [9.17, 15) is 4.79 Å². The van der Waals surface area contributed by atoms with Gasteiger partial charge in [-0.15, -0.1) is 0 Å². The highest BCUT2D eigenvalue weighted by Crippen LogP contribution is 2.18. The molecule has 0 unspecified atom stereocenters. The lowest BCUT2D eigenvalue weighted by molar-refractivity contribution is -0.122. The number of nitrogens with two attached hydrogens (primary N) is 1. The van der Waals surface area contributed by atoms with Crippen LogP contribution in [0.3, 0.4) is 0 Å². The molecule has 124 valence electrons. The zero-order valence-corrected chi connectivity index (χ0v) is 14.1. The summed E-state index contributed by atoms with van der Waals surface area (Å²) in [4.78, 5) is 17.8. The molecular weight excluding hydrogens is 308 g/mol. The molecule has 0 spiro atoms. The van der Waals surface area contributed by atoms with Crippen molar-refractivity contribution >= 4 is 28.6 Å². The van der Waals surface area contributed by atoms with Gasteiger partial charge in [0.05, 0.1) is 6.04 Å². The van der Waals surface area contributed by atoms with E-state index in [-0.39, 0.29) is 5.91 Å². The summed E-state index contributed by atoms with van der Waals surface area (Å²) in [6.07, 6.45) is 2.50. The Labute approximate surface area is 141 Å². The maximum absolute atomic E-state index is 12.2. The number of fused-ring (bicyclic) bond motifs is 1. The van der Waals surface area contributed by atoms with Crippen molar-refractivity contribution in [3.8, 4) is 0 Å². The third-order valence-corrected chi connectivity index (χ3v) is 5.22. The van der Waals surface area contributed by atoms with Crippen LogP contribution in [0.15, 0.2) is 30.5 Å². The number of hydrogen-bond donors (Lipinski definition) is 3. The standard InChI is InChI=1S/C17H24N4OS/c18-15(11-13-12-20-16-4-2-1-3-14(13)16)17(22)19-5-6-21-7-9-23-10-8-21/h1-4,12,15,20H,5-11,18H2,(H,19,22)/t15-/m0/s1. The molecule has 1 aliphatic rings. The van der Waals surface area contributed by atoms with E-state index in [2.05, 4.69) is 21.3 Å². The van der Waals surface area contributed by atoms with E-state index >= 15 is 0 Å². The number of rotatable bonds is 6. The lowest BCUT2D eigenvalue weighted by Crippen LogP contribution is -2.45. The molecule has 23 heavy (non-hydrogen) atoms. The van der Waals surface area contributed by atoms with Crippen LogP contribution in [-0.4, -0.2) is 59.5 Å². The van der Waals surface area contributed by atoms with Crippen LogP contribution >= 0.6 is 11.8 Å². The maximum atomic E-state index is 12.2. The zero-order valence-electron chi connectivity index (χ0n) is 13.3. The van der Waals surface area contributed by atoms with E-state index in [1.165, 1.54) is 11.5 Å². The Morgan fingerprint density at radius 1 is 1.35 bits per heavy atom. The predicted octanol–water partition coefficient (Wildman–Crippen LogP) is 1.20. The SMILES string of the molecule is N[C@@H](Cc1c[nH]c2ccccc12)C(=O)NCCN1CCSCC1. The fraction of sp³-hybridized carbons (Fsp3) is 0.471. The summed E-state index contributed by atoms with van der Waals surface area (Å²) < 4.78 is 0. The highest BCUT2D eigenvalue weighted by atomic mass is 32.2. The molecule has 4 N–H and O–H groups in total. The van der Waals surface area contributed by atoms with E-state index in [0.29, 0.717) is 13.0 Å². The molecule has 0 aliphatic carbocycles. The zero-order chi connectivity index (χ0) is 16.1. The van der Waals surface area contributed by atoms with Crippen molar-refractivity contribution in [2.45, 2.75) is 12.5 Å². The smallest absolute Gasteiger partial charge is 0.237 e. The summed E-state index contributed by atoms with van der Waals surface area (Å²) in [6, 6.07) is 7.57. The van der Waals surface area contributed by atoms with Crippen LogP contribution in [-0.2, 0) is 11.2 Å². The third-order valence-electron chi connectivity index (χ3n) is 4.28. The normalized spacial score (nSPS) is 17.3. The van der Waals surface area contributed by atoms with Gasteiger partial charge in [0, 0.05) is 54.8 Å². The van der Waals surface area contributed by atoms with Gasteiger partial charge in [0.15, 0.2) is 0 Å². The van der Waals surface area contributed by atoms with E-state index in [1.54, 1.807) is 0 Å². The first kappa shape index (κ1) is 16.4. The largest absolute Gasteiger partial charge is 0.361 e. The number of aromatic nitrogens is 1. The van der Waals surface area contributed by atoms with Gasteiger partial charge in [-0.1, -0.05) is 18.2 Å². The Morgan fingerprint density at radius 3 is 2.96 bits per heavy atom. The van der Waals surface area contributed by atoms with E-state index in [0.717, 1.165) is 36.1 Å². The number of thioether (sulfide) groups is 1. The van der Waals surface area contributed by atoms with E-state index < -0.39 is 6.04 Å². The number of aromatic amines is 1. The molecule has 1 fully saturated rings. The Bertz CT molecular complexity index is 651. The lowest BCUT2D eigenvalue weighted by Gasteiger charge is -2.26. The van der Waals surface area contributed by atoms with Gasteiger partial charge in [-0.05, 0) is 18.1 Å². The fourth-order valence-corrected chi connectivity index (χ4v) is 3.90. The highest BCUT2D eigenvalue weighted by molar-refractivity contribution is 7.99. The van der Waals surface area contributed by atoms with Crippen molar-refractivity contribution in [1.29, 1.82) is 0 Å². The van der Waals surface area contributed by atoms with Crippen LogP contribution in [0.25, 0.3) is 10.9 Å². The van der Waals surface area contributed by atoms with Crippen LogP contribution in [0.4, 0.5) is 0 Å². The number of amides is 1. The van der Waals surface area contributed by atoms with Gasteiger partial charge in [-0.2, -0.15) is 11.8 Å². The van der Waals surface area contributed by atoms with Crippen molar-refractivity contribution in [2.75, 3.05) is 37.7 Å². The average Bonchev–Trinajstić information content (AvgIpc) is 2.99. The van der Waals surface area contributed by atoms with Crippen molar-refractivity contribution < 1.29 is 4.79 Å². The lowest BCUT2D eigenvalue weighted by atomic mass is 10.1. The Morgan fingerprint density at radius 2 is 2.13 bits per heavy atom. The highest BCUT2D eigenvalue weighted by Gasteiger charge is 2.16. The van der Waals surface area contributed by atoms with Crippen LogP contribution in [0.5, 0.6) is 0 Å². The molecule has 1 saturated heterocycles. The molecule has 1 aliphatic heterocycles. The number of hydrogen-bond acceptors (Lipinski definition) is 4. The van der Waals surface area contributed by atoms with Crippen LogP contribution in [0.2, 0.25) is 0 Å². The molecule has 1 atom stereocenters. The average molecular weight is 332 g/mol. The molecule has 1 aromatic carbocycles. The molecule has 0 radical (unpaired) electrons. The van der Waals surface area contributed by atoms with Gasteiger partial charge in [0.25, 0.3) is 0 Å². The summed E-state index contributed by atoms with van der Waals surface area (Å²) in [6.45, 7) is 3.81. The molecule has 2 heterocycles. The minimum atomic E-state index is -0.508. The van der Waals surface area contributed by atoms with Crippen molar-refractivity contribution in [2.24, 2.45) is 5.73 Å². The number of para-hydroxylation sites is 1. The third kappa shape index (κ3) is 4.28. The number of nitrogens with one attached hydrogen (secondary N) is 2. The minimum Gasteiger partial charge on any atom is -0.361 e. The quantitative estimate of drug-likeness (QED) is 0.743. The van der Waals surface area contributed by atoms with E-state index in [4.69, 9.17) is 5.73 Å². The molecule has 2 aromatic rings. The fourth-order valence-electron chi connectivity index (χ4n) is 2.92. The van der Waals surface area contributed by atoms with E-state index in [1.807, 2.05) is 36.2 Å². The topological polar surface area (TPSA) is 74.1 Å². The molecule has 1 amide bonds. The molecular formula is C17H24N4OS. The summed E-state index contributed by atoms with van der Waals surface area (Å²) in [5.41, 5.74) is 8.25. The van der Waals surface area contributed by atoms with Gasteiger partial charge in [0.1, 0.15) is 0 Å². The Kier molecular flexibility index (Phi) is 5.59. The number of carbonyl (C=O) groups is 1. The Hall–Kier alpha value is -1.50. The predicted molar refractivity (Wildman–Crippen MR) is 96.8 cm³/mol. The second-order valence-corrected chi connectivity index (χ2v) is 7.14. The van der Waals surface area contributed by atoms with Crippen LogP contribution in [0, 0.1) is 0 Å². The van der Waals surface area contributed by atoms with Gasteiger partial charge in [-0.25, -0.2) is 0 Å². The number of benzene rings is 1. The van der Waals surface area contributed by atoms with Gasteiger partial charge in [0.2, 0.25) is 5.91 Å². The number of nitrogens with zero attached hydrogens (tertiary/aromatic N) is 1. The second-order valence-electron chi connectivity index (χ2n) is 5.92. The second kappa shape index (κ2) is 7.86. The first-order chi connectivity index (χ1) is 11.2. The van der Waals surface area contributed by atoms with Crippen molar-refractivity contribution in [3.63, 3.8) is 0 Å². The van der Waals surface area contributed by atoms with Crippen molar-refractivity contribution in [1.82, 2.24) is 15.2 Å². The molecule has 3 rings (SSSR count). The van der Waals surface area contributed by atoms with Crippen LogP contribution in [0.1, 0.15) is 5.56 Å². The summed E-state index contributed by atoms with van der Waals surface area (Å²) in [5.74, 6) is 2.31. The van der Waals surface area contributed by atoms with Crippen molar-refractivity contribution in [3.05, 3.63) is 36.0 Å². The number of H-pyrrole nitrogens is 1. The first-order valence-corrected chi connectivity index (χ1v) is 9.28. The van der Waals surface area contributed by atoms with Gasteiger partial charge >= 0.3 is 0 Å². The maximum Gasteiger partial charge on any atom is 0.237 e. The number of carbonyl (C=O) groups excluding carboxylic acids is 1. The summed E-state index contributed by atoms with van der Waals surface area (Å²) in [5, 5.41) is 4.11. The van der Waals surface area contributed by atoms with Crippen LogP contribution < -0.4 is 11.1 Å². The first-order valence-electron chi connectivity index (χ1n) is 8.12. The monoisotopic (exact) mass is 332 g/mol. The molecule has 0 saturated carbocycles. The molecule has 6 heteroatoms. The molecule has 1 aromatic heterocycles. The van der Waals surface area contributed by atoms with Gasteiger partial charge in [-0.3, -0.25) is 9.69 Å². The Balaban J connectivity index is 1.47. The molecule has 0 bridgehead atoms.